The molecule has 0 bridgehead atoms. The monoisotopic (exact) mass is 366 g/mol. The third-order valence-corrected chi connectivity index (χ3v) is 5.18. The summed E-state index contributed by atoms with van der Waals surface area (Å²) in [5.74, 6) is 0. The van der Waals surface area contributed by atoms with E-state index in [0.717, 1.165) is 22.3 Å². The third-order valence-electron chi connectivity index (χ3n) is 5.18. The Morgan fingerprint density at radius 3 is 2.81 bits per heavy atom. The Hall–Kier alpha value is -2.70. The van der Waals surface area contributed by atoms with Gasteiger partial charge in [-0.25, -0.2) is 4.79 Å². The van der Waals surface area contributed by atoms with E-state index in [1.807, 2.05) is 48.5 Å². The van der Waals surface area contributed by atoms with E-state index < -0.39 is 0 Å². The molecule has 2 aromatic rings. The number of hydrogen-bond acceptors (Lipinski definition) is 5. The standard InChI is InChI=1S/C21H22N2O4/c22-18(12-24)15-7-4-8-16-17(15)11-19-20(16)23(21(25)27-19)9-10-26-13-14-5-2-1-3-6-14/h1-8,19-20,22,24H,9-13H2/t19?,20-/m0/s1. The lowest BCUT2D eigenvalue weighted by molar-refractivity contribution is 0.0933. The lowest BCUT2D eigenvalue weighted by Gasteiger charge is -2.22. The summed E-state index contributed by atoms with van der Waals surface area (Å²) in [6.45, 7) is 1.08. The molecule has 0 radical (unpaired) electrons. The molecule has 2 aliphatic rings. The molecule has 4 rings (SSSR count). The van der Waals surface area contributed by atoms with Crippen LogP contribution >= 0.6 is 0 Å². The molecule has 1 aliphatic heterocycles. The maximum Gasteiger partial charge on any atom is 0.410 e. The molecular weight excluding hydrogens is 344 g/mol. The van der Waals surface area contributed by atoms with Gasteiger partial charge in [-0.2, -0.15) is 0 Å². The largest absolute Gasteiger partial charge is 0.443 e. The van der Waals surface area contributed by atoms with Crippen molar-refractivity contribution in [2.24, 2.45) is 0 Å². The highest BCUT2D eigenvalue weighted by Gasteiger charge is 2.48. The fraction of sp³-hybridized carbons (Fsp3) is 0.333. The second-order valence-corrected chi connectivity index (χ2v) is 6.81. The first kappa shape index (κ1) is 17.7. The second-order valence-electron chi connectivity index (χ2n) is 6.81. The van der Waals surface area contributed by atoms with Gasteiger partial charge in [0.2, 0.25) is 0 Å². The zero-order valence-corrected chi connectivity index (χ0v) is 14.9. The number of ether oxygens (including phenoxy) is 2. The van der Waals surface area contributed by atoms with Gasteiger partial charge in [-0.3, -0.25) is 4.90 Å². The number of rotatable bonds is 7. The number of benzene rings is 2. The molecule has 1 aliphatic carbocycles. The van der Waals surface area contributed by atoms with Gasteiger partial charge in [0.05, 0.1) is 31.6 Å². The maximum absolute atomic E-state index is 12.3. The molecule has 6 nitrogen and oxygen atoms in total. The summed E-state index contributed by atoms with van der Waals surface area (Å²) < 4.78 is 11.3. The number of fused-ring (bicyclic) bond motifs is 3. The Balaban J connectivity index is 1.45. The van der Waals surface area contributed by atoms with Gasteiger partial charge in [-0.15, -0.1) is 0 Å². The van der Waals surface area contributed by atoms with Crippen molar-refractivity contribution in [3.63, 3.8) is 0 Å². The molecule has 0 aromatic heterocycles. The van der Waals surface area contributed by atoms with Crippen molar-refractivity contribution in [3.05, 3.63) is 70.8 Å². The molecule has 1 amide bonds. The summed E-state index contributed by atoms with van der Waals surface area (Å²) in [7, 11) is 0. The van der Waals surface area contributed by atoms with E-state index in [-0.39, 0.29) is 30.6 Å². The summed E-state index contributed by atoms with van der Waals surface area (Å²) in [5.41, 5.74) is 4.02. The zero-order chi connectivity index (χ0) is 18.8. The fourth-order valence-corrected chi connectivity index (χ4v) is 3.93. The number of amides is 1. The first-order chi connectivity index (χ1) is 13.2. The van der Waals surface area contributed by atoms with Crippen molar-refractivity contribution in [3.8, 4) is 0 Å². The first-order valence-electron chi connectivity index (χ1n) is 9.08. The smallest absolute Gasteiger partial charge is 0.410 e. The van der Waals surface area contributed by atoms with Crippen LogP contribution in [0.5, 0.6) is 0 Å². The van der Waals surface area contributed by atoms with Gasteiger partial charge in [0.25, 0.3) is 0 Å². The summed E-state index contributed by atoms with van der Waals surface area (Å²) in [4.78, 5) is 14.0. The molecule has 6 heteroatoms. The Morgan fingerprint density at radius 1 is 1.22 bits per heavy atom. The van der Waals surface area contributed by atoms with Crippen LogP contribution in [-0.4, -0.2) is 47.7 Å². The van der Waals surface area contributed by atoms with E-state index in [4.69, 9.17) is 14.9 Å². The minimum absolute atomic E-state index is 0.153. The predicted molar refractivity (Wildman–Crippen MR) is 99.9 cm³/mol. The van der Waals surface area contributed by atoms with E-state index in [0.29, 0.717) is 26.2 Å². The van der Waals surface area contributed by atoms with Crippen molar-refractivity contribution >= 4 is 11.8 Å². The first-order valence-corrected chi connectivity index (χ1v) is 9.08. The van der Waals surface area contributed by atoms with Crippen LogP contribution in [0.4, 0.5) is 4.79 Å². The topological polar surface area (TPSA) is 82.8 Å². The number of hydrogen-bond donors (Lipinski definition) is 2. The van der Waals surface area contributed by atoms with E-state index in [9.17, 15) is 9.90 Å². The molecule has 1 unspecified atom stereocenters. The SMILES string of the molecule is N=C(CO)c1cccc2c1CC1OC(=O)N(CCOCc3ccccc3)[C@@H]21. The predicted octanol–water partition coefficient (Wildman–Crippen LogP) is 2.68. The highest BCUT2D eigenvalue weighted by atomic mass is 16.6. The fourth-order valence-electron chi connectivity index (χ4n) is 3.93. The molecule has 1 fully saturated rings. The summed E-state index contributed by atoms with van der Waals surface area (Å²) in [6.07, 6.45) is 0.0157. The van der Waals surface area contributed by atoms with Crippen LogP contribution in [-0.2, 0) is 22.5 Å². The zero-order valence-electron chi connectivity index (χ0n) is 14.9. The summed E-state index contributed by atoms with van der Waals surface area (Å²) in [6, 6.07) is 15.5. The summed E-state index contributed by atoms with van der Waals surface area (Å²) in [5, 5.41) is 17.3. The molecule has 0 saturated carbocycles. The van der Waals surface area contributed by atoms with Gasteiger partial charge in [-0.1, -0.05) is 48.5 Å². The van der Waals surface area contributed by atoms with E-state index in [1.54, 1.807) is 4.90 Å². The highest BCUT2D eigenvalue weighted by molar-refractivity contribution is 6.01. The van der Waals surface area contributed by atoms with Crippen LogP contribution in [0.15, 0.2) is 48.5 Å². The van der Waals surface area contributed by atoms with Crippen molar-refractivity contribution in [1.82, 2.24) is 4.90 Å². The van der Waals surface area contributed by atoms with E-state index in [1.165, 1.54) is 0 Å². The van der Waals surface area contributed by atoms with Gasteiger partial charge in [0.15, 0.2) is 0 Å². The van der Waals surface area contributed by atoms with Crippen LogP contribution in [0.1, 0.15) is 28.3 Å². The second kappa shape index (κ2) is 7.50. The lowest BCUT2D eigenvalue weighted by atomic mass is 9.99. The average molecular weight is 366 g/mol. The Labute approximate surface area is 157 Å². The summed E-state index contributed by atoms with van der Waals surface area (Å²) >= 11 is 0. The van der Waals surface area contributed by atoms with Crippen LogP contribution in [0, 0.1) is 5.41 Å². The van der Waals surface area contributed by atoms with Gasteiger partial charge in [0, 0.05) is 18.5 Å². The van der Waals surface area contributed by atoms with E-state index in [2.05, 4.69) is 0 Å². The maximum atomic E-state index is 12.3. The molecule has 1 heterocycles. The average Bonchev–Trinajstić information content (AvgIpc) is 3.20. The molecule has 1 saturated heterocycles. The number of carbonyl (C=O) groups is 1. The third kappa shape index (κ3) is 3.34. The quantitative estimate of drug-likeness (QED) is 0.583. The molecule has 2 atom stereocenters. The Bertz CT molecular complexity index is 853. The van der Waals surface area contributed by atoms with Crippen molar-refractivity contribution in [2.45, 2.75) is 25.2 Å². The van der Waals surface area contributed by atoms with Gasteiger partial charge in [-0.05, 0) is 16.7 Å². The Morgan fingerprint density at radius 2 is 2.04 bits per heavy atom. The molecule has 2 N–H and O–H groups in total. The minimum atomic E-state index is -0.318. The van der Waals surface area contributed by atoms with Crippen molar-refractivity contribution in [2.75, 3.05) is 19.8 Å². The molecular formula is C21H22N2O4. The van der Waals surface area contributed by atoms with Crippen molar-refractivity contribution in [1.29, 1.82) is 5.41 Å². The van der Waals surface area contributed by atoms with Gasteiger partial charge >= 0.3 is 6.09 Å². The van der Waals surface area contributed by atoms with Crippen LogP contribution < -0.4 is 0 Å². The number of aliphatic hydroxyl groups excluding tert-OH is 1. The van der Waals surface area contributed by atoms with E-state index >= 15 is 0 Å². The normalized spacial score (nSPS) is 20.3. The molecule has 140 valence electrons. The molecule has 27 heavy (non-hydrogen) atoms. The van der Waals surface area contributed by atoms with Crippen LogP contribution in [0.25, 0.3) is 0 Å². The highest BCUT2D eigenvalue weighted by Crippen LogP contribution is 2.43. The van der Waals surface area contributed by atoms with Crippen LogP contribution in [0.2, 0.25) is 0 Å². The number of nitrogens with one attached hydrogen (secondary N) is 1. The van der Waals surface area contributed by atoms with Crippen LogP contribution in [0.3, 0.4) is 0 Å². The van der Waals surface area contributed by atoms with Crippen molar-refractivity contribution < 1.29 is 19.4 Å². The Kier molecular flexibility index (Phi) is 4.92. The number of nitrogens with zero attached hydrogens (tertiary/aromatic N) is 1. The number of carbonyl (C=O) groups excluding carboxylic acids is 1. The number of aliphatic hydroxyl groups is 1. The molecule has 0 spiro atoms. The minimum Gasteiger partial charge on any atom is -0.443 e. The molecule has 2 aromatic carbocycles. The lowest BCUT2D eigenvalue weighted by Crippen LogP contribution is -2.31. The van der Waals surface area contributed by atoms with Gasteiger partial charge < -0.3 is 20.0 Å². The van der Waals surface area contributed by atoms with Gasteiger partial charge in [0.1, 0.15) is 6.10 Å².